The van der Waals surface area contributed by atoms with Crippen LogP contribution in [0.15, 0.2) is 24.3 Å². The summed E-state index contributed by atoms with van der Waals surface area (Å²) in [6.07, 6.45) is 1.18. The maximum atomic E-state index is 2.26. The molecule has 0 fully saturated rings. The molecule has 73 valence electrons. The fourth-order valence-corrected chi connectivity index (χ4v) is 1.14. The fraction of sp³-hybridized carbons (Fsp3) is 0.500. The summed E-state index contributed by atoms with van der Waals surface area (Å²) in [6, 6.07) is 8.57. The maximum Gasteiger partial charge on any atom is 3.00 e. The molecule has 0 aliphatic rings. The van der Waals surface area contributed by atoms with Crippen molar-refractivity contribution >= 4 is 0 Å². The van der Waals surface area contributed by atoms with Gasteiger partial charge in [-0.2, -0.15) is 23.8 Å². The van der Waals surface area contributed by atoms with Crippen LogP contribution in [0, 0.1) is 5.41 Å². The Morgan fingerprint density at radius 2 is 1.77 bits per heavy atom. The van der Waals surface area contributed by atoms with Gasteiger partial charge in [-0.1, -0.05) is 27.2 Å². The van der Waals surface area contributed by atoms with Crippen molar-refractivity contribution in [2.75, 3.05) is 0 Å². The summed E-state index contributed by atoms with van der Waals surface area (Å²) < 4.78 is 0. The molecule has 0 nitrogen and oxygen atoms in total. The van der Waals surface area contributed by atoms with Crippen LogP contribution in [0.5, 0.6) is 0 Å². The molecule has 0 aliphatic heterocycles. The Morgan fingerprint density at radius 1 is 1.23 bits per heavy atom. The van der Waals surface area contributed by atoms with Crippen molar-refractivity contribution in [3.05, 3.63) is 29.8 Å². The van der Waals surface area contributed by atoms with Crippen LogP contribution < -0.4 is 24.8 Å². The second kappa shape index (κ2) is 8.15. The van der Waals surface area contributed by atoms with Crippen LogP contribution in [0.3, 0.4) is 0 Å². The van der Waals surface area contributed by atoms with E-state index in [-0.39, 0.29) is 51.0 Å². The first-order chi connectivity index (χ1) is 4.58. The van der Waals surface area contributed by atoms with Crippen LogP contribution in [0.25, 0.3) is 0 Å². The third kappa shape index (κ3) is 9.13. The van der Waals surface area contributed by atoms with Gasteiger partial charge in [0.15, 0.2) is 0 Å². The minimum absolute atomic E-state index is 0. The average molecular weight is 297 g/mol. The Labute approximate surface area is 113 Å². The van der Waals surface area contributed by atoms with Crippen molar-refractivity contribution in [3.8, 4) is 0 Å². The molecule has 0 atom stereocenters. The van der Waals surface area contributed by atoms with Crippen molar-refractivity contribution in [1.82, 2.24) is 0 Å². The molecule has 1 rings (SSSR count). The van der Waals surface area contributed by atoms with E-state index in [0.717, 1.165) is 0 Å². The zero-order chi connectivity index (χ0) is 7.61. The van der Waals surface area contributed by atoms with Crippen molar-refractivity contribution in [2.24, 2.45) is 5.41 Å². The van der Waals surface area contributed by atoms with Gasteiger partial charge in [-0.05, 0) is 5.41 Å². The summed E-state index contributed by atoms with van der Waals surface area (Å²) in [4.78, 5) is 0. The van der Waals surface area contributed by atoms with E-state index in [1.165, 1.54) is 12.0 Å². The van der Waals surface area contributed by atoms with E-state index in [4.69, 9.17) is 0 Å². The first kappa shape index (κ1) is 19.4. The monoisotopic (exact) mass is 295 g/mol. The Bertz CT molecular complexity index is 187. The van der Waals surface area contributed by atoms with Gasteiger partial charge in [-0.25, -0.2) is 6.07 Å². The Morgan fingerprint density at radius 3 is 2.08 bits per heavy atom. The molecular weight excluding hydrogens is 282 g/mol. The fourth-order valence-electron chi connectivity index (χ4n) is 1.14. The number of rotatable bonds is 1. The second-order valence-corrected chi connectivity index (χ2v) is 4.03. The minimum Gasteiger partial charge on any atom is -1.00 e. The smallest absolute Gasteiger partial charge is 1.00 e. The number of halogens is 2. The van der Waals surface area contributed by atoms with E-state index in [1.54, 1.807) is 0 Å². The summed E-state index contributed by atoms with van der Waals surface area (Å²) in [5, 5.41) is 0. The minimum atomic E-state index is 0. The molecule has 0 aliphatic carbocycles. The Kier molecular flexibility index (Phi) is 12.2. The largest absolute Gasteiger partial charge is 3.00 e. The van der Waals surface area contributed by atoms with Gasteiger partial charge in [-0.15, -0.1) is 0 Å². The quantitative estimate of drug-likeness (QED) is 0.485. The molecule has 0 saturated carbocycles. The van der Waals surface area contributed by atoms with Crippen molar-refractivity contribution in [1.29, 1.82) is 0 Å². The molecular formula is C10H15Cl2Zr. The first-order valence-electron chi connectivity index (χ1n) is 3.78. The Balaban J connectivity index is -0.000000333. The van der Waals surface area contributed by atoms with Crippen LogP contribution in [0.1, 0.15) is 26.3 Å². The zero-order valence-corrected chi connectivity index (χ0v) is 12.2. The first-order valence-corrected chi connectivity index (χ1v) is 3.78. The molecule has 0 saturated heterocycles. The zero-order valence-electron chi connectivity index (χ0n) is 8.27. The van der Waals surface area contributed by atoms with Crippen LogP contribution in [-0.2, 0) is 32.6 Å². The van der Waals surface area contributed by atoms with Crippen LogP contribution in [0.4, 0.5) is 0 Å². The molecule has 0 unspecified atom stereocenters. The van der Waals surface area contributed by atoms with Gasteiger partial charge in [0.1, 0.15) is 0 Å². The predicted molar refractivity (Wildman–Crippen MR) is 45.2 cm³/mol. The van der Waals surface area contributed by atoms with Crippen LogP contribution in [0.2, 0.25) is 0 Å². The standard InChI is InChI=1S/C10H15.2ClH.Zr/c1-10(2,3)8-9-6-4-5-7-9;;;/h4-7H,8H2,1-3H3;2*1H;/q-1;;;+3/p-2. The van der Waals surface area contributed by atoms with E-state index < -0.39 is 0 Å². The van der Waals surface area contributed by atoms with E-state index >= 15 is 0 Å². The Hall–Kier alpha value is 0.813. The second-order valence-electron chi connectivity index (χ2n) is 4.03. The van der Waals surface area contributed by atoms with Crippen LogP contribution in [-0.4, -0.2) is 0 Å². The molecule has 0 heterocycles. The summed E-state index contributed by atoms with van der Waals surface area (Å²) in [5.41, 5.74) is 1.88. The van der Waals surface area contributed by atoms with Crippen molar-refractivity contribution < 1.29 is 51.0 Å². The van der Waals surface area contributed by atoms with Gasteiger partial charge < -0.3 is 24.8 Å². The summed E-state index contributed by atoms with van der Waals surface area (Å²) >= 11 is 0. The van der Waals surface area contributed by atoms with Crippen molar-refractivity contribution in [3.63, 3.8) is 0 Å². The van der Waals surface area contributed by atoms with E-state index in [2.05, 4.69) is 45.0 Å². The molecule has 13 heavy (non-hydrogen) atoms. The normalized spacial score (nSPS) is 9.15. The van der Waals surface area contributed by atoms with Gasteiger partial charge in [0.25, 0.3) is 0 Å². The van der Waals surface area contributed by atoms with Gasteiger partial charge in [0.2, 0.25) is 0 Å². The SMILES string of the molecule is CC(C)(C)Cc1cc[cH-]c1.[Cl-].[Cl-].[Zr+3]. The van der Waals surface area contributed by atoms with E-state index in [1.807, 2.05) is 0 Å². The average Bonchev–Trinajstić information content (AvgIpc) is 2.12. The molecule has 0 amide bonds. The predicted octanol–water partition coefficient (Wildman–Crippen LogP) is -3.00. The molecule has 1 aromatic rings. The summed E-state index contributed by atoms with van der Waals surface area (Å²) in [7, 11) is 0. The topological polar surface area (TPSA) is 0 Å². The van der Waals surface area contributed by atoms with Gasteiger partial charge in [0, 0.05) is 0 Å². The third-order valence-electron chi connectivity index (χ3n) is 1.47. The van der Waals surface area contributed by atoms with E-state index in [0.29, 0.717) is 5.41 Å². The molecule has 0 N–H and O–H groups in total. The van der Waals surface area contributed by atoms with Crippen LogP contribution >= 0.6 is 0 Å². The van der Waals surface area contributed by atoms with E-state index in [9.17, 15) is 0 Å². The van der Waals surface area contributed by atoms with Gasteiger partial charge in [-0.3, -0.25) is 0 Å². The number of hydrogen-bond acceptors (Lipinski definition) is 0. The third-order valence-corrected chi connectivity index (χ3v) is 1.47. The molecule has 1 radical (unpaired) electrons. The van der Waals surface area contributed by atoms with Gasteiger partial charge in [0.05, 0.1) is 0 Å². The molecule has 1 aromatic carbocycles. The maximum absolute atomic E-state index is 2.26. The molecule has 0 bridgehead atoms. The van der Waals surface area contributed by atoms with Crippen molar-refractivity contribution in [2.45, 2.75) is 27.2 Å². The van der Waals surface area contributed by atoms with Gasteiger partial charge >= 0.3 is 26.2 Å². The summed E-state index contributed by atoms with van der Waals surface area (Å²) in [5.74, 6) is 0. The number of hydrogen-bond donors (Lipinski definition) is 0. The molecule has 0 spiro atoms. The molecule has 3 heteroatoms. The summed E-state index contributed by atoms with van der Waals surface area (Å²) in [6.45, 7) is 6.79. The molecule has 0 aromatic heterocycles.